The molecular formula is C34H39N5O3S. The van der Waals surface area contributed by atoms with Crippen molar-refractivity contribution in [3.8, 4) is 17.1 Å². The molecule has 0 aliphatic carbocycles. The number of methoxy groups -OCH3 is 1. The number of hydrogen-bond acceptors (Lipinski definition) is 8. The molecule has 1 aromatic heterocycles. The number of aromatic nitrogens is 3. The van der Waals surface area contributed by atoms with E-state index in [-0.39, 0.29) is 17.0 Å². The molecule has 8 nitrogen and oxygen atoms in total. The molecule has 9 heteroatoms. The largest absolute Gasteiger partial charge is 0.494 e. The minimum absolute atomic E-state index is 0.00149. The quantitative estimate of drug-likeness (QED) is 0.123. The fraction of sp³-hybridized carbons (Fsp3) is 0.353. The highest BCUT2D eigenvalue weighted by molar-refractivity contribution is 7.99. The molecule has 0 radical (unpaired) electrons. The molecule has 0 unspecified atom stereocenters. The molecular weight excluding hydrogens is 558 g/mol. The average Bonchev–Trinajstić information content (AvgIpc) is 3.42. The summed E-state index contributed by atoms with van der Waals surface area (Å²) in [5, 5.41) is 14.2. The van der Waals surface area contributed by atoms with Crippen molar-refractivity contribution in [1.82, 2.24) is 14.9 Å². The van der Waals surface area contributed by atoms with Gasteiger partial charge in [0, 0.05) is 29.8 Å². The Labute approximate surface area is 258 Å². The molecule has 4 aromatic rings. The van der Waals surface area contributed by atoms with Crippen LogP contribution in [-0.2, 0) is 10.2 Å². The first-order valence-electron chi connectivity index (χ1n) is 14.5. The first kappa shape index (κ1) is 30.5. The van der Waals surface area contributed by atoms with Gasteiger partial charge in [0.15, 0.2) is 11.6 Å². The van der Waals surface area contributed by atoms with Gasteiger partial charge >= 0.3 is 0 Å². The van der Waals surface area contributed by atoms with E-state index in [1.807, 2.05) is 54.7 Å². The number of benzene rings is 3. The van der Waals surface area contributed by atoms with Gasteiger partial charge in [0.05, 0.1) is 38.0 Å². The van der Waals surface area contributed by atoms with Crippen LogP contribution in [-0.4, -0.2) is 66.0 Å². The van der Waals surface area contributed by atoms with Crippen molar-refractivity contribution in [2.45, 2.75) is 45.2 Å². The first-order chi connectivity index (χ1) is 20.7. The molecule has 1 aliphatic rings. The van der Waals surface area contributed by atoms with Gasteiger partial charge in [-0.2, -0.15) is 9.78 Å². The Kier molecular flexibility index (Phi) is 9.32. The number of hydrogen-bond donors (Lipinski definition) is 0. The Morgan fingerprint density at radius 3 is 2.44 bits per heavy atom. The lowest BCUT2D eigenvalue weighted by Gasteiger charge is -2.33. The van der Waals surface area contributed by atoms with Gasteiger partial charge in [-0.3, -0.25) is 4.79 Å². The summed E-state index contributed by atoms with van der Waals surface area (Å²) >= 11 is 1.33. The highest BCUT2D eigenvalue weighted by Crippen LogP contribution is 2.41. The topological polar surface area (TPSA) is 81.8 Å². The molecule has 3 aromatic carbocycles. The van der Waals surface area contributed by atoms with Crippen LogP contribution in [0, 0.1) is 13.8 Å². The normalized spacial score (nSPS) is 14.0. The van der Waals surface area contributed by atoms with Crippen LogP contribution in [0.2, 0.25) is 0 Å². The minimum Gasteiger partial charge on any atom is -0.494 e. The molecule has 0 saturated carbocycles. The summed E-state index contributed by atoms with van der Waals surface area (Å²) in [5.74, 6) is 1.61. The lowest BCUT2D eigenvalue weighted by Crippen LogP contribution is -2.37. The summed E-state index contributed by atoms with van der Waals surface area (Å²) in [5.41, 5.74) is 6.65. The molecule has 2 heterocycles. The molecule has 0 bridgehead atoms. The third-order valence-electron chi connectivity index (χ3n) is 7.58. The monoisotopic (exact) mass is 597 g/mol. The predicted molar refractivity (Wildman–Crippen MR) is 174 cm³/mol. The lowest BCUT2D eigenvalue weighted by molar-refractivity contribution is 0.102. The van der Waals surface area contributed by atoms with Gasteiger partial charge in [0.1, 0.15) is 5.75 Å². The van der Waals surface area contributed by atoms with Gasteiger partial charge in [-0.15, -0.1) is 10.2 Å². The van der Waals surface area contributed by atoms with E-state index in [2.05, 4.69) is 61.8 Å². The van der Waals surface area contributed by atoms with E-state index < -0.39 is 0 Å². The Morgan fingerprint density at radius 2 is 1.77 bits per heavy atom. The zero-order valence-electron chi connectivity index (χ0n) is 25.8. The zero-order chi connectivity index (χ0) is 30.6. The number of thioether (sulfide) groups is 1. The maximum absolute atomic E-state index is 13.8. The molecule has 43 heavy (non-hydrogen) atoms. The zero-order valence-corrected chi connectivity index (χ0v) is 26.6. The lowest BCUT2D eigenvalue weighted by atomic mass is 9.84. The van der Waals surface area contributed by atoms with Crippen LogP contribution in [0.25, 0.3) is 11.4 Å². The number of nitrogens with zero attached hydrogens (tertiary/aromatic N) is 5. The van der Waals surface area contributed by atoms with Crippen molar-refractivity contribution in [3.05, 3.63) is 88.5 Å². The van der Waals surface area contributed by atoms with Crippen LogP contribution in [0.1, 0.15) is 53.4 Å². The highest BCUT2D eigenvalue weighted by Gasteiger charge is 2.27. The maximum atomic E-state index is 13.8. The number of carbonyl (C=O) groups is 1. The summed E-state index contributed by atoms with van der Waals surface area (Å²) in [6, 6.07) is 20.0. The summed E-state index contributed by atoms with van der Waals surface area (Å²) in [7, 11) is 1.70. The minimum atomic E-state index is -0.219. The van der Waals surface area contributed by atoms with Crippen LogP contribution in [0.15, 0.2) is 70.9 Å². The van der Waals surface area contributed by atoms with Gasteiger partial charge in [-0.05, 0) is 48.1 Å². The Hall–Kier alpha value is -3.95. The number of ether oxygens (including phenoxy) is 2. The number of rotatable bonds is 9. The van der Waals surface area contributed by atoms with Gasteiger partial charge in [-0.1, -0.05) is 81.1 Å². The highest BCUT2D eigenvalue weighted by atomic mass is 32.2. The van der Waals surface area contributed by atoms with E-state index in [1.165, 1.54) is 22.9 Å². The number of anilines is 1. The van der Waals surface area contributed by atoms with Gasteiger partial charge in [-0.25, -0.2) is 0 Å². The van der Waals surface area contributed by atoms with Crippen molar-refractivity contribution in [3.63, 3.8) is 0 Å². The molecule has 0 amide bonds. The van der Waals surface area contributed by atoms with E-state index in [0.717, 1.165) is 41.2 Å². The fourth-order valence-corrected chi connectivity index (χ4v) is 5.78. The van der Waals surface area contributed by atoms with E-state index in [4.69, 9.17) is 14.6 Å². The van der Waals surface area contributed by atoms with Crippen molar-refractivity contribution < 1.29 is 14.3 Å². The van der Waals surface area contributed by atoms with Crippen LogP contribution in [0.3, 0.4) is 0 Å². The Bertz CT molecular complexity index is 1620. The second-order valence-corrected chi connectivity index (χ2v) is 12.7. The molecule has 0 spiro atoms. The van der Waals surface area contributed by atoms with E-state index in [0.29, 0.717) is 29.8 Å². The molecule has 1 aliphatic heterocycles. The smallest absolute Gasteiger partial charge is 0.212 e. The van der Waals surface area contributed by atoms with Crippen molar-refractivity contribution in [2.24, 2.45) is 5.10 Å². The van der Waals surface area contributed by atoms with Crippen LogP contribution in [0.4, 0.5) is 5.69 Å². The predicted octanol–water partition coefficient (Wildman–Crippen LogP) is 6.56. The maximum Gasteiger partial charge on any atom is 0.212 e. The van der Waals surface area contributed by atoms with Crippen molar-refractivity contribution in [1.29, 1.82) is 0 Å². The van der Waals surface area contributed by atoms with Gasteiger partial charge in [0.2, 0.25) is 5.16 Å². The molecule has 5 rings (SSSR count). The number of ketones is 1. The number of morpholine rings is 1. The van der Waals surface area contributed by atoms with Crippen LogP contribution < -0.4 is 9.64 Å². The molecule has 1 fully saturated rings. The SMILES string of the molecule is COc1c(N2CCOCC2)cc(C(=O)CSc2nnc(-c3ccccc3)n2/N=C/c2ccc(C)c(C)c2)cc1C(C)(C)C. The third-order valence-corrected chi connectivity index (χ3v) is 8.50. The molecule has 0 atom stereocenters. The van der Waals surface area contributed by atoms with Crippen molar-refractivity contribution >= 4 is 29.4 Å². The second-order valence-electron chi connectivity index (χ2n) is 11.7. The molecule has 1 saturated heterocycles. The van der Waals surface area contributed by atoms with Gasteiger partial charge < -0.3 is 14.4 Å². The second kappa shape index (κ2) is 13.1. The summed E-state index contributed by atoms with van der Waals surface area (Å²) in [6.45, 7) is 13.4. The number of Topliss-reactive ketones (excluding diaryl/α,β-unsaturated/α-hetero) is 1. The number of carbonyl (C=O) groups excluding carboxylic acids is 1. The average molecular weight is 598 g/mol. The van der Waals surface area contributed by atoms with Crippen molar-refractivity contribution in [2.75, 3.05) is 44.1 Å². The summed E-state index contributed by atoms with van der Waals surface area (Å²) in [4.78, 5) is 16.0. The Morgan fingerprint density at radius 1 is 1.02 bits per heavy atom. The first-order valence-corrected chi connectivity index (χ1v) is 15.5. The third kappa shape index (κ3) is 7.00. The standard InChI is InChI=1S/C34H39N5O3S/c1-23-12-13-25(18-24(23)2)21-35-39-32(26-10-8-7-9-11-26)36-37-33(39)43-22-30(40)27-19-28(34(3,4)5)31(41-6)29(20-27)38-14-16-42-17-15-38/h7-13,18-21H,14-17,22H2,1-6H3/b35-21+. The van der Waals surface area contributed by atoms with E-state index >= 15 is 0 Å². The van der Waals surface area contributed by atoms with E-state index in [9.17, 15) is 4.79 Å². The van der Waals surface area contributed by atoms with Gasteiger partial charge in [0.25, 0.3) is 0 Å². The summed E-state index contributed by atoms with van der Waals surface area (Å²) < 4.78 is 13.2. The fourth-order valence-electron chi connectivity index (χ4n) is 4.99. The molecule has 224 valence electrons. The van der Waals surface area contributed by atoms with Crippen LogP contribution >= 0.6 is 11.8 Å². The summed E-state index contributed by atoms with van der Waals surface area (Å²) in [6.07, 6.45) is 1.81. The number of aryl methyl sites for hydroxylation is 2. The van der Waals surface area contributed by atoms with Crippen LogP contribution in [0.5, 0.6) is 5.75 Å². The van der Waals surface area contributed by atoms with E-state index in [1.54, 1.807) is 11.8 Å². The molecule has 0 N–H and O–H groups in total. The Balaban J connectivity index is 1.46.